The first kappa shape index (κ1) is 12.5. The van der Waals surface area contributed by atoms with E-state index in [2.05, 4.69) is 98.4 Å². The van der Waals surface area contributed by atoms with Crippen molar-refractivity contribution in [1.82, 2.24) is 2.78 Å². The molecule has 0 atom stereocenters. The Balaban J connectivity index is 2.11. The van der Waals surface area contributed by atoms with Crippen molar-refractivity contribution in [3.05, 3.63) is 72.8 Å². The summed E-state index contributed by atoms with van der Waals surface area (Å²) in [5, 5.41) is 7.91. The second-order valence-corrected chi connectivity index (χ2v) is 6.61. The van der Waals surface area contributed by atoms with Crippen LogP contribution in [0.2, 0.25) is 0 Å². The van der Waals surface area contributed by atoms with Gasteiger partial charge in [-0.2, -0.15) is 0 Å². The third-order valence-corrected chi connectivity index (χ3v) is 5.50. The van der Waals surface area contributed by atoms with Gasteiger partial charge in [0, 0.05) is 16.2 Å². The number of aromatic nitrogens is 1. The van der Waals surface area contributed by atoms with Gasteiger partial charge >= 0.3 is 0 Å². The Morgan fingerprint density at radius 2 is 1.18 bits per heavy atom. The van der Waals surface area contributed by atoms with Crippen LogP contribution in [0.1, 0.15) is 0 Å². The lowest BCUT2D eigenvalue weighted by molar-refractivity contribution is 1.51. The maximum absolute atomic E-state index is 2.42. The van der Waals surface area contributed by atoms with Gasteiger partial charge in [0.1, 0.15) is 0 Å². The van der Waals surface area contributed by atoms with Crippen molar-refractivity contribution in [3.8, 4) is 0 Å². The Kier molecular flexibility index (Phi) is 2.53. The van der Waals surface area contributed by atoms with E-state index in [1.54, 1.807) is 0 Å². The van der Waals surface area contributed by atoms with Crippen LogP contribution in [0.5, 0.6) is 0 Å². The van der Waals surface area contributed by atoms with Gasteiger partial charge in [0.2, 0.25) is 0 Å². The molecule has 1 heterocycles. The monoisotopic (exact) mass is 393 g/mol. The average molecular weight is 393 g/mol. The van der Waals surface area contributed by atoms with Crippen molar-refractivity contribution < 1.29 is 0 Å². The summed E-state index contributed by atoms with van der Waals surface area (Å²) >= 11 is 2.42. The molecule has 5 rings (SSSR count). The van der Waals surface area contributed by atoms with Crippen LogP contribution in [0, 0.1) is 0 Å². The van der Waals surface area contributed by atoms with Crippen LogP contribution in [-0.4, -0.2) is 2.78 Å². The fourth-order valence-corrected chi connectivity index (χ4v) is 4.43. The first-order valence-corrected chi connectivity index (χ1v) is 8.31. The number of para-hydroxylation sites is 1. The Hall–Kier alpha value is -2.07. The van der Waals surface area contributed by atoms with E-state index in [4.69, 9.17) is 0 Å². The third-order valence-electron chi connectivity index (χ3n) is 4.50. The van der Waals surface area contributed by atoms with Crippen LogP contribution in [0.3, 0.4) is 0 Å². The van der Waals surface area contributed by atoms with Gasteiger partial charge < -0.3 is 0 Å². The molecule has 0 aliphatic heterocycles. The molecule has 0 aliphatic carbocycles. The van der Waals surface area contributed by atoms with E-state index >= 15 is 0 Å². The first-order chi connectivity index (χ1) is 10.8. The van der Waals surface area contributed by atoms with Gasteiger partial charge in [0.25, 0.3) is 0 Å². The standard InChI is InChI=1S/C20H12IN/c21-22-19-8-4-3-7-16(19)18-12-11-15-14-6-2-1-5-13(14)9-10-17(15)20(18)22/h1-12H. The van der Waals surface area contributed by atoms with Gasteiger partial charge in [-0.25, -0.2) is 0 Å². The molecule has 1 nitrogen and oxygen atoms in total. The van der Waals surface area contributed by atoms with Gasteiger partial charge in [-0.05, 0) is 22.2 Å². The summed E-state index contributed by atoms with van der Waals surface area (Å²) in [6.45, 7) is 0. The number of halogens is 1. The van der Waals surface area contributed by atoms with Crippen molar-refractivity contribution in [3.63, 3.8) is 0 Å². The van der Waals surface area contributed by atoms with Crippen LogP contribution >= 0.6 is 22.9 Å². The number of fused-ring (bicyclic) bond motifs is 7. The van der Waals surface area contributed by atoms with Crippen molar-refractivity contribution in [2.75, 3.05) is 0 Å². The molecule has 0 saturated heterocycles. The fraction of sp³-hybridized carbons (Fsp3) is 0. The molecule has 0 bridgehead atoms. The van der Waals surface area contributed by atoms with E-state index in [9.17, 15) is 0 Å². The highest BCUT2D eigenvalue weighted by molar-refractivity contribution is 14.1. The zero-order valence-corrected chi connectivity index (χ0v) is 13.9. The van der Waals surface area contributed by atoms with Crippen LogP contribution in [-0.2, 0) is 0 Å². The number of nitrogens with zero attached hydrogens (tertiary/aromatic N) is 1. The van der Waals surface area contributed by atoms with Crippen molar-refractivity contribution >= 4 is 66.2 Å². The van der Waals surface area contributed by atoms with Crippen LogP contribution in [0.15, 0.2) is 72.8 Å². The van der Waals surface area contributed by atoms with Crippen molar-refractivity contribution in [2.24, 2.45) is 0 Å². The molecule has 0 spiro atoms. The second kappa shape index (κ2) is 4.46. The lowest BCUT2D eigenvalue weighted by Crippen LogP contribution is -1.82. The molecule has 0 aliphatic rings. The molecular formula is C20H12IN. The normalized spacial score (nSPS) is 11.9. The minimum atomic E-state index is 1.28. The summed E-state index contributed by atoms with van der Waals surface area (Å²) in [7, 11) is 0. The molecule has 22 heavy (non-hydrogen) atoms. The summed E-state index contributed by atoms with van der Waals surface area (Å²) in [6.07, 6.45) is 0. The highest BCUT2D eigenvalue weighted by Crippen LogP contribution is 2.37. The predicted octanol–water partition coefficient (Wildman–Crippen LogP) is 6.30. The summed E-state index contributed by atoms with van der Waals surface area (Å²) in [5.74, 6) is 0. The topological polar surface area (TPSA) is 4.93 Å². The van der Waals surface area contributed by atoms with Gasteiger partial charge in [0.15, 0.2) is 0 Å². The molecule has 0 radical (unpaired) electrons. The number of hydrogen-bond acceptors (Lipinski definition) is 0. The van der Waals surface area contributed by atoms with Crippen molar-refractivity contribution in [2.45, 2.75) is 0 Å². The van der Waals surface area contributed by atoms with Gasteiger partial charge in [-0.15, -0.1) is 0 Å². The third kappa shape index (κ3) is 1.53. The molecule has 0 fully saturated rings. The highest BCUT2D eigenvalue weighted by Gasteiger charge is 2.12. The van der Waals surface area contributed by atoms with E-state index in [1.807, 2.05) is 0 Å². The Morgan fingerprint density at radius 1 is 0.545 bits per heavy atom. The summed E-state index contributed by atoms with van der Waals surface area (Å²) in [5.41, 5.74) is 2.59. The van der Waals surface area contributed by atoms with Crippen LogP contribution < -0.4 is 0 Å². The summed E-state index contributed by atoms with van der Waals surface area (Å²) < 4.78 is 2.29. The Bertz CT molecular complexity index is 1180. The molecule has 1 aromatic heterocycles. The van der Waals surface area contributed by atoms with E-state index in [1.165, 1.54) is 43.4 Å². The van der Waals surface area contributed by atoms with Crippen molar-refractivity contribution in [1.29, 1.82) is 0 Å². The molecule has 4 aromatic carbocycles. The number of hydrogen-bond donors (Lipinski definition) is 0. The van der Waals surface area contributed by atoms with Gasteiger partial charge in [-0.3, -0.25) is 2.78 Å². The van der Waals surface area contributed by atoms with Crippen LogP contribution in [0.4, 0.5) is 0 Å². The fourth-order valence-electron chi connectivity index (χ4n) is 3.49. The van der Waals surface area contributed by atoms with E-state index in [-0.39, 0.29) is 0 Å². The maximum Gasteiger partial charge on any atom is 0.0668 e. The maximum atomic E-state index is 2.42. The minimum absolute atomic E-state index is 1.28. The number of benzene rings is 4. The second-order valence-electron chi connectivity index (χ2n) is 5.64. The summed E-state index contributed by atoms with van der Waals surface area (Å²) in [4.78, 5) is 0. The average Bonchev–Trinajstić information content (AvgIpc) is 2.88. The van der Waals surface area contributed by atoms with E-state index < -0.39 is 0 Å². The zero-order chi connectivity index (χ0) is 14.7. The zero-order valence-electron chi connectivity index (χ0n) is 11.8. The van der Waals surface area contributed by atoms with Gasteiger partial charge in [0.05, 0.1) is 33.9 Å². The predicted molar refractivity (Wildman–Crippen MR) is 104 cm³/mol. The minimum Gasteiger partial charge on any atom is -0.281 e. The van der Waals surface area contributed by atoms with Crippen LogP contribution in [0.25, 0.3) is 43.4 Å². The molecule has 0 N–H and O–H groups in total. The van der Waals surface area contributed by atoms with Gasteiger partial charge in [-0.1, -0.05) is 66.7 Å². The molecule has 2 heteroatoms. The smallest absolute Gasteiger partial charge is 0.0668 e. The summed E-state index contributed by atoms with van der Waals surface area (Å²) in [6, 6.07) is 26.2. The highest BCUT2D eigenvalue weighted by atomic mass is 127. The van der Waals surface area contributed by atoms with E-state index in [0.717, 1.165) is 0 Å². The molecule has 0 unspecified atom stereocenters. The Labute approximate surface area is 141 Å². The molecule has 5 aromatic rings. The molecular weight excluding hydrogens is 381 g/mol. The number of rotatable bonds is 0. The first-order valence-electron chi connectivity index (χ1n) is 7.34. The SMILES string of the molecule is In1c2ccccc2c2ccc3c4ccccc4ccc3c21. The lowest BCUT2D eigenvalue weighted by atomic mass is 10.00. The van der Waals surface area contributed by atoms with E-state index in [0.29, 0.717) is 0 Å². The Morgan fingerprint density at radius 3 is 2.09 bits per heavy atom. The molecule has 0 saturated carbocycles. The molecule has 104 valence electrons. The largest absolute Gasteiger partial charge is 0.281 e. The quantitative estimate of drug-likeness (QED) is 0.215. The lowest BCUT2D eigenvalue weighted by Gasteiger charge is -2.06. The molecule has 0 amide bonds.